The minimum Gasteiger partial charge on any atom is -0.480 e. The van der Waals surface area contributed by atoms with Crippen LogP contribution in [-0.4, -0.2) is 37.4 Å². The molecule has 0 aromatic carbocycles. The van der Waals surface area contributed by atoms with E-state index in [1.54, 1.807) is 6.92 Å². The molecule has 0 amide bonds. The molecule has 0 spiro atoms. The Morgan fingerprint density at radius 3 is 2.65 bits per heavy atom. The van der Waals surface area contributed by atoms with E-state index in [9.17, 15) is 9.90 Å². The van der Waals surface area contributed by atoms with Crippen molar-refractivity contribution in [1.29, 1.82) is 0 Å². The average Bonchev–Trinajstić information content (AvgIpc) is 3.13. The number of carboxylic acids is 1. The molecule has 1 aliphatic carbocycles. The molecule has 2 N–H and O–H groups in total. The average molecular weight is 280 g/mol. The number of aromatic nitrogens is 3. The lowest BCUT2D eigenvalue weighted by Gasteiger charge is -2.26. The van der Waals surface area contributed by atoms with E-state index in [0.717, 1.165) is 37.3 Å². The van der Waals surface area contributed by atoms with Gasteiger partial charge in [-0.15, -0.1) is 0 Å². The number of nitrogens with zero attached hydrogens (tertiary/aromatic N) is 3. The van der Waals surface area contributed by atoms with E-state index in [1.807, 2.05) is 18.5 Å². The minimum atomic E-state index is -0.884. The normalized spacial score (nSPS) is 17.9. The summed E-state index contributed by atoms with van der Waals surface area (Å²) in [4.78, 5) is 16.0. The molecular formula is C14H24N4O2. The van der Waals surface area contributed by atoms with Crippen LogP contribution in [0, 0.1) is 0 Å². The number of rotatable bonds is 8. The highest BCUT2D eigenvalue weighted by Crippen LogP contribution is 2.24. The van der Waals surface area contributed by atoms with Gasteiger partial charge in [0.2, 0.25) is 0 Å². The van der Waals surface area contributed by atoms with Crippen LogP contribution < -0.4 is 5.32 Å². The number of aryl methyl sites for hydroxylation is 3. The van der Waals surface area contributed by atoms with Crippen molar-refractivity contribution in [3.05, 3.63) is 11.6 Å². The molecule has 6 nitrogen and oxygen atoms in total. The number of carboxylic acid groups (broad SMARTS) is 1. The van der Waals surface area contributed by atoms with Crippen LogP contribution in [-0.2, 0) is 24.2 Å². The Labute approximate surface area is 119 Å². The second kappa shape index (κ2) is 5.91. The second-order valence-corrected chi connectivity index (χ2v) is 5.68. The van der Waals surface area contributed by atoms with Gasteiger partial charge in [0.25, 0.3) is 0 Å². The highest BCUT2D eigenvalue weighted by Gasteiger charge is 2.38. The number of hydrogen-bond acceptors (Lipinski definition) is 4. The maximum Gasteiger partial charge on any atom is 0.323 e. The van der Waals surface area contributed by atoms with Crippen molar-refractivity contribution in [3.63, 3.8) is 0 Å². The fourth-order valence-electron chi connectivity index (χ4n) is 2.27. The maximum atomic E-state index is 11.5. The van der Waals surface area contributed by atoms with E-state index < -0.39 is 11.5 Å². The first-order valence-corrected chi connectivity index (χ1v) is 7.42. The molecular weight excluding hydrogens is 256 g/mol. The van der Waals surface area contributed by atoms with Crippen molar-refractivity contribution >= 4 is 5.97 Å². The predicted molar refractivity (Wildman–Crippen MR) is 75.6 cm³/mol. The van der Waals surface area contributed by atoms with Gasteiger partial charge in [-0.05, 0) is 26.2 Å². The molecule has 6 heteroatoms. The van der Waals surface area contributed by atoms with Crippen molar-refractivity contribution in [3.8, 4) is 0 Å². The van der Waals surface area contributed by atoms with E-state index >= 15 is 0 Å². The summed E-state index contributed by atoms with van der Waals surface area (Å²) < 4.78 is 1.86. The van der Waals surface area contributed by atoms with Gasteiger partial charge in [-0.25, -0.2) is 9.67 Å². The van der Waals surface area contributed by atoms with Gasteiger partial charge in [-0.2, -0.15) is 5.10 Å². The Hall–Kier alpha value is -1.43. The summed E-state index contributed by atoms with van der Waals surface area (Å²) in [5.74, 6) is 0.966. The quantitative estimate of drug-likeness (QED) is 0.752. The van der Waals surface area contributed by atoms with Crippen LogP contribution >= 0.6 is 0 Å². The SMILES string of the molecule is CCc1nc(CC)n(CCC(C)(NC2CC2)C(=O)O)n1. The maximum absolute atomic E-state index is 11.5. The van der Waals surface area contributed by atoms with Gasteiger partial charge in [-0.1, -0.05) is 13.8 Å². The molecule has 1 fully saturated rings. The number of nitrogens with one attached hydrogen (secondary N) is 1. The number of hydrogen-bond donors (Lipinski definition) is 2. The molecule has 112 valence electrons. The fourth-order valence-corrected chi connectivity index (χ4v) is 2.27. The van der Waals surface area contributed by atoms with Crippen molar-refractivity contribution < 1.29 is 9.90 Å². The number of carbonyl (C=O) groups is 1. The summed E-state index contributed by atoms with van der Waals surface area (Å²) in [5.41, 5.74) is -0.884. The van der Waals surface area contributed by atoms with Crippen LogP contribution in [0.1, 0.15) is 51.7 Å². The smallest absolute Gasteiger partial charge is 0.323 e. The Morgan fingerprint density at radius 2 is 2.15 bits per heavy atom. The van der Waals surface area contributed by atoms with Crippen LogP contribution in [0.3, 0.4) is 0 Å². The van der Waals surface area contributed by atoms with Crippen LogP contribution in [0.5, 0.6) is 0 Å². The zero-order valence-electron chi connectivity index (χ0n) is 12.5. The van der Waals surface area contributed by atoms with E-state index in [2.05, 4.69) is 15.4 Å². The molecule has 0 bridgehead atoms. The monoisotopic (exact) mass is 280 g/mol. The molecule has 0 aliphatic heterocycles. The van der Waals surface area contributed by atoms with Crippen LogP contribution in [0.15, 0.2) is 0 Å². The number of aliphatic carboxylic acids is 1. The van der Waals surface area contributed by atoms with Crippen LogP contribution in [0.25, 0.3) is 0 Å². The molecule has 0 radical (unpaired) electrons. The molecule has 1 aliphatic rings. The van der Waals surface area contributed by atoms with Gasteiger partial charge in [0, 0.05) is 25.4 Å². The Bertz CT molecular complexity index is 482. The third kappa shape index (κ3) is 3.36. The summed E-state index contributed by atoms with van der Waals surface area (Å²) in [6.07, 6.45) is 4.28. The second-order valence-electron chi connectivity index (χ2n) is 5.68. The first-order valence-electron chi connectivity index (χ1n) is 7.42. The molecule has 1 aromatic heterocycles. The van der Waals surface area contributed by atoms with Gasteiger partial charge in [-0.3, -0.25) is 10.1 Å². The molecule has 0 saturated heterocycles. The first-order chi connectivity index (χ1) is 9.48. The highest BCUT2D eigenvalue weighted by molar-refractivity contribution is 5.78. The van der Waals surface area contributed by atoms with E-state index in [0.29, 0.717) is 19.0 Å². The van der Waals surface area contributed by atoms with E-state index in [-0.39, 0.29) is 0 Å². The Balaban J connectivity index is 2.04. The highest BCUT2D eigenvalue weighted by atomic mass is 16.4. The van der Waals surface area contributed by atoms with Crippen LogP contribution in [0.4, 0.5) is 0 Å². The molecule has 1 unspecified atom stereocenters. The van der Waals surface area contributed by atoms with Gasteiger partial charge < -0.3 is 5.11 Å². The fraction of sp³-hybridized carbons (Fsp3) is 0.786. The van der Waals surface area contributed by atoms with Crippen molar-refractivity contribution in [2.24, 2.45) is 0 Å². The standard InChI is InChI=1S/C14H24N4O2/c1-4-11-15-12(5-2)18(17-11)9-8-14(3,13(19)20)16-10-6-7-10/h10,16H,4-9H2,1-3H3,(H,19,20). The molecule has 1 saturated carbocycles. The third-order valence-electron chi connectivity index (χ3n) is 3.82. The van der Waals surface area contributed by atoms with Crippen molar-refractivity contribution in [2.75, 3.05) is 0 Å². The van der Waals surface area contributed by atoms with Gasteiger partial charge >= 0.3 is 5.97 Å². The van der Waals surface area contributed by atoms with Gasteiger partial charge in [0.1, 0.15) is 11.4 Å². The summed E-state index contributed by atoms with van der Waals surface area (Å²) in [7, 11) is 0. The molecule has 1 heterocycles. The third-order valence-corrected chi connectivity index (χ3v) is 3.82. The molecule has 1 atom stereocenters. The topological polar surface area (TPSA) is 80.0 Å². The summed E-state index contributed by atoms with van der Waals surface area (Å²) >= 11 is 0. The summed E-state index contributed by atoms with van der Waals surface area (Å²) in [6.45, 7) is 6.41. The predicted octanol–water partition coefficient (Wildman–Crippen LogP) is 1.39. The lowest BCUT2D eigenvalue weighted by molar-refractivity contribution is -0.144. The first kappa shape index (κ1) is 15.0. The molecule has 1 aromatic rings. The van der Waals surface area contributed by atoms with Gasteiger partial charge in [0.05, 0.1) is 0 Å². The Kier molecular flexibility index (Phi) is 4.42. The molecule has 20 heavy (non-hydrogen) atoms. The zero-order valence-corrected chi connectivity index (χ0v) is 12.5. The lowest BCUT2D eigenvalue weighted by atomic mass is 9.98. The summed E-state index contributed by atoms with van der Waals surface area (Å²) in [5, 5.41) is 17.1. The Morgan fingerprint density at radius 1 is 1.45 bits per heavy atom. The van der Waals surface area contributed by atoms with Crippen molar-refractivity contribution in [1.82, 2.24) is 20.1 Å². The van der Waals surface area contributed by atoms with Crippen molar-refractivity contribution in [2.45, 2.75) is 71.0 Å². The molecule has 2 rings (SSSR count). The van der Waals surface area contributed by atoms with E-state index in [4.69, 9.17) is 0 Å². The zero-order chi connectivity index (χ0) is 14.8. The van der Waals surface area contributed by atoms with Crippen LogP contribution in [0.2, 0.25) is 0 Å². The van der Waals surface area contributed by atoms with Gasteiger partial charge in [0.15, 0.2) is 5.82 Å². The largest absolute Gasteiger partial charge is 0.480 e. The van der Waals surface area contributed by atoms with E-state index in [1.165, 1.54) is 0 Å². The lowest BCUT2D eigenvalue weighted by Crippen LogP contribution is -2.51. The summed E-state index contributed by atoms with van der Waals surface area (Å²) in [6, 6.07) is 0.365. The minimum absolute atomic E-state index is 0.365.